The zero-order valence-corrected chi connectivity index (χ0v) is 7.88. The van der Waals surface area contributed by atoms with Crippen LogP contribution in [-0.4, -0.2) is 16.6 Å². The van der Waals surface area contributed by atoms with E-state index in [1.807, 2.05) is 0 Å². The summed E-state index contributed by atoms with van der Waals surface area (Å²) < 4.78 is 0. The van der Waals surface area contributed by atoms with E-state index in [4.69, 9.17) is 9.90 Å². The predicted octanol–water partition coefficient (Wildman–Crippen LogP) is -0.0135. The van der Waals surface area contributed by atoms with Crippen LogP contribution in [0.4, 0.5) is 0 Å². The molecule has 0 aromatic carbocycles. The summed E-state index contributed by atoms with van der Waals surface area (Å²) in [6, 6.07) is 2.94. The van der Waals surface area contributed by atoms with E-state index < -0.39 is 0 Å². The minimum Gasteiger partial charge on any atom is -0.665 e. The summed E-state index contributed by atoms with van der Waals surface area (Å²) in [7, 11) is 0. The Labute approximate surface area is 104 Å². The number of rotatable bonds is 0. The number of H-pyrrole nitrogens is 1. The van der Waals surface area contributed by atoms with E-state index in [0.717, 1.165) is 0 Å². The van der Waals surface area contributed by atoms with Gasteiger partial charge >= 0.3 is 0 Å². The topological polar surface area (TPSA) is 70.2 Å². The SMILES string of the molecule is O=[C-]O.O=c1cc[nH]cc1.[Eu]. The first-order valence-electron chi connectivity index (χ1n) is 2.45. The third-order valence-corrected chi connectivity index (χ3v) is 0.688. The Morgan fingerprint density at radius 2 is 1.73 bits per heavy atom. The van der Waals surface area contributed by atoms with Gasteiger partial charge < -0.3 is 14.9 Å². The van der Waals surface area contributed by atoms with Crippen LogP contribution in [0.15, 0.2) is 29.3 Å². The summed E-state index contributed by atoms with van der Waals surface area (Å²) >= 11 is 0. The van der Waals surface area contributed by atoms with Gasteiger partial charge in [-0.3, -0.25) is 4.79 Å². The minimum absolute atomic E-state index is 0. The molecule has 4 nitrogen and oxygen atoms in total. The molecule has 0 fully saturated rings. The molecule has 0 aliphatic heterocycles. The third-order valence-electron chi connectivity index (χ3n) is 0.688. The van der Waals surface area contributed by atoms with E-state index in [1.165, 1.54) is 12.1 Å². The van der Waals surface area contributed by atoms with Gasteiger partial charge in [0.1, 0.15) is 0 Å². The van der Waals surface area contributed by atoms with Crippen molar-refractivity contribution < 1.29 is 59.3 Å². The van der Waals surface area contributed by atoms with Crippen molar-refractivity contribution in [3.05, 3.63) is 34.7 Å². The molecule has 11 heavy (non-hydrogen) atoms. The Hall–Kier alpha value is 0.00442. The molecular weight excluding hydrogens is 286 g/mol. The van der Waals surface area contributed by atoms with Crippen LogP contribution in [0.1, 0.15) is 0 Å². The van der Waals surface area contributed by atoms with Crippen molar-refractivity contribution in [2.75, 3.05) is 0 Å². The molecule has 5 heteroatoms. The van der Waals surface area contributed by atoms with Gasteiger partial charge in [0.05, 0.1) is 0 Å². The summed E-state index contributed by atoms with van der Waals surface area (Å²) in [6.45, 7) is 0.500. The van der Waals surface area contributed by atoms with Crippen LogP contribution in [0, 0.1) is 49.4 Å². The van der Waals surface area contributed by atoms with Gasteiger partial charge in [0.2, 0.25) is 0 Å². The average molecular weight is 292 g/mol. The van der Waals surface area contributed by atoms with Crippen molar-refractivity contribution in [1.29, 1.82) is 0 Å². The monoisotopic (exact) mass is 293 g/mol. The number of aromatic amines is 1. The first-order valence-corrected chi connectivity index (χ1v) is 2.45. The van der Waals surface area contributed by atoms with Crippen molar-refractivity contribution in [2.24, 2.45) is 0 Å². The maximum absolute atomic E-state index is 10.2. The Bertz CT molecular complexity index is 218. The van der Waals surface area contributed by atoms with Gasteiger partial charge in [-0.05, 0) is 0 Å². The number of hydrogen-bond donors (Lipinski definition) is 2. The molecule has 0 saturated carbocycles. The summed E-state index contributed by atoms with van der Waals surface area (Å²) in [5, 5.41) is 6.76. The van der Waals surface area contributed by atoms with Gasteiger partial charge in [-0.1, -0.05) is 6.47 Å². The van der Waals surface area contributed by atoms with Crippen LogP contribution in [-0.2, 0) is 4.79 Å². The summed E-state index contributed by atoms with van der Waals surface area (Å²) in [4.78, 5) is 21.2. The van der Waals surface area contributed by atoms with Gasteiger partial charge in [0, 0.05) is 73.9 Å². The Morgan fingerprint density at radius 3 is 1.91 bits per heavy atom. The molecule has 0 spiro atoms. The smallest absolute Gasteiger partial charge is 0.181 e. The molecule has 1 radical (unpaired) electrons. The Balaban J connectivity index is 0. The van der Waals surface area contributed by atoms with Crippen molar-refractivity contribution in [1.82, 2.24) is 4.98 Å². The van der Waals surface area contributed by atoms with Crippen molar-refractivity contribution in [3.8, 4) is 0 Å². The summed E-state index contributed by atoms with van der Waals surface area (Å²) in [5.41, 5.74) is 0.0405. The molecule has 1 aromatic rings. The maximum atomic E-state index is 10.2. The predicted molar refractivity (Wildman–Crippen MR) is 35.4 cm³/mol. The van der Waals surface area contributed by atoms with Gasteiger partial charge in [-0.2, -0.15) is 0 Å². The fourth-order valence-corrected chi connectivity index (χ4v) is 0.372. The number of aromatic nitrogens is 1. The first kappa shape index (κ1) is 13.6. The normalized spacial score (nSPS) is 6.55. The van der Waals surface area contributed by atoms with Crippen molar-refractivity contribution >= 4 is 6.47 Å². The second kappa shape index (κ2) is 10.0. The molecule has 1 heterocycles. The number of nitrogens with one attached hydrogen (secondary N) is 1. The number of aliphatic hydroxyl groups excluding tert-OH is 1. The summed E-state index contributed by atoms with van der Waals surface area (Å²) in [6.07, 6.45) is 3.20. The van der Waals surface area contributed by atoms with E-state index in [1.54, 1.807) is 12.4 Å². The zero-order valence-electron chi connectivity index (χ0n) is 5.45. The van der Waals surface area contributed by atoms with Crippen LogP contribution in [0.3, 0.4) is 0 Å². The van der Waals surface area contributed by atoms with E-state index in [0.29, 0.717) is 6.47 Å². The summed E-state index contributed by atoms with van der Waals surface area (Å²) in [5.74, 6) is 0. The molecule has 2 N–H and O–H groups in total. The van der Waals surface area contributed by atoms with Crippen LogP contribution in [0.25, 0.3) is 0 Å². The van der Waals surface area contributed by atoms with Crippen LogP contribution >= 0.6 is 0 Å². The first-order chi connectivity index (χ1) is 4.81. The molecule has 0 aliphatic rings. The Kier molecular flexibility index (Phi) is 12.4. The molecule has 0 unspecified atom stereocenters. The van der Waals surface area contributed by atoms with Gasteiger partial charge in [0.15, 0.2) is 5.43 Å². The van der Waals surface area contributed by atoms with Gasteiger partial charge in [-0.15, -0.1) is 0 Å². The van der Waals surface area contributed by atoms with Crippen LogP contribution < -0.4 is 5.43 Å². The molecule has 1 rings (SSSR count). The largest absolute Gasteiger partial charge is 0.665 e. The van der Waals surface area contributed by atoms with E-state index >= 15 is 0 Å². The third kappa shape index (κ3) is 10.0. The molecule has 0 aliphatic carbocycles. The van der Waals surface area contributed by atoms with E-state index in [-0.39, 0.29) is 54.8 Å². The second-order valence-electron chi connectivity index (χ2n) is 1.33. The average Bonchev–Trinajstić information content (AvgIpc) is 1.91. The molecular formula is C6H6EuNO3-. The van der Waals surface area contributed by atoms with Crippen LogP contribution in [0.2, 0.25) is 0 Å². The maximum Gasteiger partial charge on any atom is 0.181 e. The fourth-order valence-electron chi connectivity index (χ4n) is 0.372. The quantitative estimate of drug-likeness (QED) is 0.661. The van der Waals surface area contributed by atoms with Crippen molar-refractivity contribution in [2.45, 2.75) is 0 Å². The number of pyridine rings is 1. The molecule has 0 amide bonds. The van der Waals surface area contributed by atoms with Crippen molar-refractivity contribution in [3.63, 3.8) is 0 Å². The van der Waals surface area contributed by atoms with Crippen LogP contribution in [0.5, 0.6) is 0 Å². The van der Waals surface area contributed by atoms with Gasteiger partial charge in [-0.25, -0.2) is 0 Å². The zero-order chi connectivity index (χ0) is 7.82. The number of hydrogen-bond acceptors (Lipinski definition) is 2. The van der Waals surface area contributed by atoms with E-state index in [2.05, 4.69) is 4.98 Å². The fraction of sp³-hybridized carbons (Fsp3) is 0. The standard InChI is InChI=1S/C5H5NO.CHO2.Eu/c7-5-1-3-6-4-2-5;2-1-3;/h1-4H,(H,6,7);(H,2,3);/q;-1;. The van der Waals surface area contributed by atoms with Gasteiger partial charge in [0.25, 0.3) is 0 Å². The molecule has 1 aromatic heterocycles. The van der Waals surface area contributed by atoms with E-state index in [9.17, 15) is 4.79 Å². The second-order valence-corrected chi connectivity index (χ2v) is 1.33. The Morgan fingerprint density at radius 1 is 1.36 bits per heavy atom. The molecule has 0 atom stereocenters. The minimum atomic E-state index is 0. The molecule has 61 valence electrons. The molecule has 0 bridgehead atoms. The molecule has 0 saturated heterocycles.